The zero-order valence-electron chi connectivity index (χ0n) is 20.3. The van der Waals surface area contributed by atoms with E-state index in [1.807, 2.05) is 6.92 Å². The molecule has 0 spiro atoms. The number of nitrogens with zero attached hydrogens (tertiary/aromatic N) is 1. The number of esters is 2. The van der Waals surface area contributed by atoms with Gasteiger partial charge in [0.15, 0.2) is 5.78 Å². The van der Waals surface area contributed by atoms with Crippen molar-refractivity contribution in [3.63, 3.8) is 0 Å². The number of carbonyl (C=O) groups is 3. The van der Waals surface area contributed by atoms with Crippen LogP contribution in [0, 0.1) is 28.9 Å². The molecule has 1 N–H and O–H groups in total. The first-order chi connectivity index (χ1) is 16.0. The molecule has 34 heavy (non-hydrogen) atoms. The number of benzene rings is 1. The van der Waals surface area contributed by atoms with E-state index in [0.29, 0.717) is 35.4 Å². The third kappa shape index (κ3) is 4.47. The normalized spacial score (nSPS) is 23.1. The van der Waals surface area contributed by atoms with Crippen molar-refractivity contribution in [2.24, 2.45) is 11.8 Å². The SMILES string of the molecule is CC[C@@H](C)OC(=O)C1=C(C)NC2=C(C(=O)[C@H](C(=O)OC)[C@H](C)C2)[C@H]1c1ccc(C)c([N+](=O)[O-])c1. The summed E-state index contributed by atoms with van der Waals surface area (Å²) >= 11 is 0. The Hall–Kier alpha value is -3.49. The number of dihydropyridines is 1. The highest BCUT2D eigenvalue weighted by atomic mass is 16.6. The lowest BCUT2D eigenvalue weighted by atomic mass is 9.69. The van der Waals surface area contributed by atoms with Gasteiger partial charge in [0, 0.05) is 34.5 Å². The summed E-state index contributed by atoms with van der Waals surface area (Å²) in [4.78, 5) is 50.6. The predicted molar refractivity (Wildman–Crippen MR) is 124 cm³/mol. The second-order valence-electron chi connectivity index (χ2n) is 8.96. The molecule has 9 nitrogen and oxygen atoms in total. The van der Waals surface area contributed by atoms with E-state index in [0.717, 1.165) is 0 Å². The zero-order valence-corrected chi connectivity index (χ0v) is 20.3. The number of rotatable bonds is 6. The first kappa shape index (κ1) is 25.1. The van der Waals surface area contributed by atoms with Gasteiger partial charge in [-0.05, 0) is 45.1 Å². The Kier molecular flexibility index (Phi) is 7.24. The third-order valence-electron chi connectivity index (χ3n) is 6.61. The molecule has 3 rings (SSSR count). The molecule has 2 aliphatic rings. The van der Waals surface area contributed by atoms with Crippen molar-refractivity contribution in [1.82, 2.24) is 5.32 Å². The number of ketones is 1. The van der Waals surface area contributed by atoms with E-state index >= 15 is 0 Å². The van der Waals surface area contributed by atoms with Crippen molar-refractivity contribution < 1.29 is 28.8 Å². The molecule has 0 unspecified atom stereocenters. The van der Waals surface area contributed by atoms with Crippen molar-refractivity contribution in [3.05, 3.63) is 62.0 Å². The first-order valence-corrected chi connectivity index (χ1v) is 11.3. The fourth-order valence-corrected chi connectivity index (χ4v) is 4.62. The number of nitrogens with one attached hydrogen (secondary N) is 1. The first-order valence-electron chi connectivity index (χ1n) is 11.3. The van der Waals surface area contributed by atoms with Gasteiger partial charge >= 0.3 is 11.9 Å². The van der Waals surface area contributed by atoms with Crippen molar-refractivity contribution in [3.8, 4) is 0 Å². The molecule has 0 bridgehead atoms. The number of hydrogen-bond donors (Lipinski definition) is 1. The summed E-state index contributed by atoms with van der Waals surface area (Å²) < 4.78 is 10.5. The number of methoxy groups -OCH3 is 1. The van der Waals surface area contributed by atoms with Crippen LogP contribution < -0.4 is 5.32 Å². The quantitative estimate of drug-likeness (QED) is 0.288. The van der Waals surface area contributed by atoms with Gasteiger partial charge in [-0.2, -0.15) is 0 Å². The Morgan fingerprint density at radius 3 is 2.56 bits per heavy atom. The van der Waals surface area contributed by atoms with Gasteiger partial charge in [-0.15, -0.1) is 0 Å². The smallest absolute Gasteiger partial charge is 0.337 e. The molecule has 1 heterocycles. The molecule has 0 amide bonds. The van der Waals surface area contributed by atoms with Gasteiger partial charge in [0.25, 0.3) is 5.69 Å². The predicted octanol–water partition coefficient (Wildman–Crippen LogP) is 3.86. The molecule has 9 heteroatoms. The van der Waals surface area contributed by atoms with Gasteiger partial charge in [-0.25, -0.2) is 4.79 Å². The molecule has 0 radical (unpaired) electrons. The monoisotopic (exact) mass is 470 g/mol. The maximum atomic E-state index is 13.7. The Balaban J connectivity index is 2.23. The summed E-state index contributed by atoms with van der Waals surface area (Å²) in [5.74, 6) is -3.98. The van der Waals surface area contributed by atoms with E-state index in [1.54, 1.807) is 39.8 Å². The van der Waals surface area contributed by atoms with Crippen LogP contribution in [0.4, 0.5) is 5.69 Å². The summed E-state index contributed by atoms with van der Waals surface area (Å²) in [6.45, 7) is 8.78. The number of nitro benzene ring substituents is 1. The molecule has 1 aliphatic heterocycles. The van der Waals surface area contributed by atoms with Crippen molar-refractivity contribution in [2.45, 2.75) is 59.5 Å². The standard InChI is InChI=1S/C25H30N2O7/c1-7-14(4)34-25(30)20-15(5)26-17-10-13(3)19(24(29)33-6)23(28)22(17)21(20)16-9-8-12(2)18(11-16)27(31)32/h8-9,11,13-14,19,21,26H,7,10H2,1-6H3/t13-,14-,19-,21+/m1/s1. The maximum absolute atomic E-state index is 13.7. The van der Waals surface area contributed by atoms with Crippen LogP contribution in [0.15, 0.2) is 40.7 Å². The van der Waals surface area contributed by atoms with Crippen LogP contribution in [0.3, 0.4) is 0 Å². The van der Waals surface area contributed by atoms with Crippen molar-refractivity contribution >= 4 is 23.4 Å². The van der Waals surface area contributed by atoms with E-state index in [9.17, 15) is 24.5 Å². The highest BCUT2D eigenvalue weighted by molar-refractivity contribution is 6.12. The average molecular weight is 471 g/mol. The minimum atomic E-state index is -1.03. The number of carbonyl (C=O) groups excluding carboxylic acids is 3. The van der Waals surface area contributed by atoms with Gasteiger partial charge in [0.2, 0.25) is 0 Å². The van der Waals surface area contributed by atoms with Crippen LogP contribution in [-0.2, 0) is 23.9 Å². The molecule has 1 aromatic rings. The molecule has 1 aliphatic carbocycles. The molecular formula is C25H30N2O7. The fraction of sp³-hybridized carbons (Fsp3) is 0.480. The largest absolute Gasteiger partial charge is 0.468 e. The highest BCUT2D eigenvalue weighted by Gasteiger charge is 2.47. The topological polar surface area (TPSA) is 125 Å². The van der Waals surface area contributed by atoms with Crippen molar-refractivity contribution in [1.29, 1.82) is 0 Å². The average Bonchev–Trinajstić information content (AvgIpc) is 2.77. The number of allylic oxidation sites excluding steroid dienone is 3. The molecule has 182 valence electrons. The van der Waals surface area contributed by atoms with Crippen molar-refractivity contribution in [2.75, 3.05) is 7.11 Å². The van der Waals surface area contributed by atoms with Crippen LogP contribution in [0.5, 0.6) is 0 Å². The Bertz CT molecular complexity index is 1120. The molecule has 0 aromatic heterocycles. The summed E-state index contributed by atoms with van der Waals surface area (Å²) in [6.07, 6.45) is 0.623. The Morgan fingerprint density at radius 2 is 1.97 bits per heavy atom. The fourth-order valence-electron chi connectivity index (χ4n) is 4.62. The third-order valence-corrected chi connectivity index (χ3v) is 6.61. The minimum absolute atomic E-state index is 0.119. The summed E-state index contributed by atoms with van der Waals surface area (Å²) in [5.41, 5.74) is 2.30. The van der Waals surface area contributed by atoms with Crippen LogP contribution >= 0.6 is 0 Å². The van der Waals surface area contributed by atoms with Gasteiger partial charge in [-0.1, -0.05) is 26.0 Å². The maximum Gasteiger partial charge on any atom is 0.337 e. The number of aryl methyl sites for hydroxylation is 1. The second kappa shape index (κ2) is 9.79. The molecule has 0 saturated carbocycles. The number of hydrogen-bond acceptors (Lipinski definition) is 8. The lowest BCUT2D eigenvalue weighted by Crippen LogP contribution is -2.43. The minimum Gasteiger partial charge on any atom is -0.468 e. The van der Waals surface area contributed by atoms with Crippen LogP contribution in [0.2, 0.25) is 0 Å². The molecule has 0 saturated heterocycles. The van der Waals surface area contributed by atoms with Gasteiger partial charge in [-0.3, -0.25) is 19.7 Å². The van der Waals surface area contributed by atoms with Crippen LogP contribution in [0.25, 0.3) is 0 Å². The lowest BCUT2D eigenvalue weighted by molar-refractivity contribution is -0.385. The van der Waals surface area contributed by atoms with Gasteiger partial charge in [0.05, 0.1) is 23.7 Å². The molecular weight excluding hydrogens is 440 g/mol. The van der Waals surface area contributed by atoms with E-state index < -0.39 is 34.5 Å². The number of Topliss-reactive ketones (excluding diaryl/α,β-unsaturated/α-hetero) is 1. The van der Waals surface area contributed by atoms with E-state index in [2.05, 4.69) is 5.32 Å². The molecule has 4 atom stereocenters. The lowest BCUT2D eigenvalue weighted by Gasteiger charge is -2.38. The summed E-state index contributed by atoms with van der Waals surface area (Å²) in [7, 11) is 1.23. The second-order valence-corrected chi connectivity index (χ2v) is 8.96. The van der Waals surface area contributed by atoms with Crippen LogP contribution in [0.1, 0.15) is 57.6 Å². The summed E-state index contributed by atoms with van der Waals surface area (Å²) in [6, 6.07) is 4.65. The Labute approximate surface area is 198 Å². The van der Waals surface area contributed by atoms with E-state index in [4.69, 9.17) is 9.47 Å². The molecule has 0 fully saturated rings. The zero-order chi connectivity index (χ0) is 25.3. The molecule has 1 aromatic carbocycles. The summed E-state index contributed by atoms with van der Waals surface area (Å²) in [5, 5.41) is 14.8. The van der Waals surface area contributed by atoms with Crippen LogP contribution in [-0.4, -0.2) is 35.9 Å². The Morgan fingerprint density at radius 1 is 1.29 bits per heavy atom. The highest BCUT2D eigenvalue weighted by Crippen LogP contribution is 2.46. The number of nitro groups is 1. The van der Waals surface area contributed by atoms with Gasteiger partial charge in [0.1, 0.15) is 5.92 Å². The van der Waals surface area contributed by atoms with E-state index in [-0.39, 0.29) is 28.9 Å². The van der Waals surface area contributed by atoms with Gasteiger partial charge < -0.3 is 14.8 Å². The number of ether oxygens (including phenoxy) is 2. The van der Waals surface area contributed by atoms with E-state index in [1.165, 1.54) is 13.2 Å².